The summed E-state index contributed by atoms with van der Waals surface area (Å²) < 4.78 is 0. The highest BCUT2D eigenvalue weighted by molar-refractivity contribution is 5.83. The van der Waals surface area contributed by atoms with Crippen LogP contribution >= 0.6 is 0 Å². The topological polar surface area (TPSA) is 59.1 Å². The highest BCUT2D eigenvalue weighted by Crippen LogP contribution is 2.30. The lowest BCUT2D eigenvalue weighted by atomic mass is 9.95. The van der Waals surface area contributed by atoms with E-state index in [1.54, 1.807) is 0 Å². The van der Waals surface area contributed by atoms with Crippen LogP contribution in [-0.4, -0.2) is 97.5 Å². The average Bonchev–Trinajstić information content (AvgIpc) is 3.15. The highest BCUT2D eigenvalue weighted by Gasteiger charge is 2.45. The Balaban J connectivity index is 1.29. The van der Waals surface area contributed by atoms with Gasteiger partial charge in [-0.15, -0.1) is 0 Å². The normalized spacial score (nSPS) is 27.3. The third-order valence-corrected chi connectivity index (χ3v) is 7.47. The van der Waals surface area contributed by atoms with Crippen molar-refractivity contribution in [2.24, 2.45) is 5.41 Å². The van der Waals surface area contributed by atoms with Gasteiger partial charge in [0.05, 0.1) is 0 Å². The Kier molecular flexibility index (Phi) is 7.29. The molecule has 3 atom stereocenters. The number of piperazine rings is 1. The number of carbonyl (C=O) groups is 2. The Morgan fingerprint density at radius 1 is 1.06 bits per heavy atom. The number of carbonyl (C=O) groups excluding carboxylic acids is 2. The number of nitrogens with zero attached hydrogens (tertiary/aromatic N) is 4. The van der Waals surface area contributed by atoms with Crippen LogP contribution in [0.15, 0.2) is 30.3 Å². The number of fused-ring (bicyclic) bond motifs is 1. The van der Waals surface area contributed by atoms with Gasteiger partial charge in [0.1, 0.15) is 6.04 Å². The zero-order valence-corrected chi connectivity index (χ0v) is 20.8. The second kappa shape index (κ2) is 10.0. The molecule has 7 heteroatoms. The van der Waals surface area contributed by atoms with E-state index in [1.807, 2.05) is 11.0 Å². The molecule has 7 nitrogen and oxygen atoms in total. The van der Waals surface area contributed by atoms with Gasteiger partial charge in [-0.05, 0) is 37.4 Å². The van der Waals surface area contributed by atoms with Crippen LogP contribution in [0.1, 0.15) is 40.0 Å². The fourth-order valence-electron chi connectivity index (χ4n) is 5.74. The van der Waals surface area contributed by atoms with Gasteiger partial charge >= 0.3 is 0 Å². The summed E-state index contributed by atoms with van der Waals surface area (Å²) in [7, 11) is 2.15. The molecular weight excluding hydrogens is 414 g/mol. The average molecular weight is 456 g/mol. The standard InChI is InChI=1S/C26H41N5O2/c1-26(2,3)19-31-13-12-22-24(31)25(33)27-18-21(28(22)4)10-11-23(32)30-16-14-29(15-17-30)20-8-6-5-7-9-20/h5-9,21-22,24H,10-19H2,1-4H3,(H,27,33). The zero-order chi connectivity index (χ0) is 23.6. The van der Waals surface area contributed by atoms with E-state index in [9.17, 15) is 9.59 Å². The molecule has 3 unspecified atom stereocenters. The lowest BCUT2D eigenvalue weighted by Gasteiger charge is -2.37. The van der Waals surface area contributed by atoms with Crippen LogP contribution in [0, 0.1) is 5.41 Å². The van der Waals surface area contributed by atoms with Crippen molar-refractivity contribution in [3.05, 3.63) is 30.3 Å². The lowest BCUT2D eigenvalue weighted by Crippen LogP contribution is -2.51. The van der Waals surface area contributed by atoms with Gasteiger partial charge in [0, 0.05) is 70.0 Å². The molecule has 3 aliphatic rings. The van der Waals surface area contributed by atoms with Crippen molar-refractivity contribution in [2.45, 2.75) is 58.2 Å². The molecule has 1 aromatic rings. The van der Waals surface area contributed by atoms with E-state index in [4.69, 9.17) is 0 Å². The van der Waals surface area contributed by atoms with Crippen molar-refractivity contribution in [1.82, 2.24) is 20.0 Å². The van der Waals surface area contributed by atoms with E-state index in [-0.39, 0.29) is 35.4 Å². The van der Waals surface area contributed by atoms with Gasteiger partial charge < -0.3 is 15.1 Å². The summed E-state index contributed by atoms with van der Waals surface area (Å²) in [6.07, 6.45) is 2.34. The van der Waals surface area contributed by atoms with E-state index >= 15 is 0 Å². The van der Waals surface area contributed by atoms with Crippen molar-refractivity contribution in [1.29, 1.82) is 0 Å². The van der Waals surface area contributed by atoms with E-state index in [1.165, 1.54) is 5.69 Å². The van der Waals surface area contributed by atoms with Gasteiger partial charge in [0.2, 0.25) is 11.8 Å². The van der Waals surface area contributed by atoms with E-state index in [0.29, 0.717) is 13.0 Å². The van der Waals surface area contributed by atoms with Gasteiger partial charge in [-0.3, -0.25) is 19.4 Å². The first-order valence-electron chi connectivity index (χ1n) is 12.5. The van der Waals surface area contributed by atoms with Crippen LogP contribution in [0.25, 0.3) is 0 Å². The number of amides is 2. The summed E-state index contributed by atoms with van der Waals surface area (Å²) in [6, 6.07) is 10.8. The molecule has 3 fully saturated rings. The summed E-state index contributed by atoms with van der Waals surface area (Å²) >= 11 is 0. The number of nitrogens with one attached hydrogen (secondary N) is 1. The number of anilines is 1. The van der Waals surface area contributed by atoms with Crippen molar-refractivity contribution >= 4 is 17.5 Å². The number of hydrogen-bond donors (Lipinski definition) is 1. The number of benzene rings is 1. The minimum absolute atomic E-state index is 0.0824. The van der Waals surface area contributed by atoms with Gasteiger partial charge in [-0.2, -0.15) is 0 Å². The molecule has 182 valence electrons. The summed E-state index contributed by atoms with van der Waals surface area (Å²) in [5.41, 5.74) is 1.39. The first-order chi connectivity index (χ1) is 15.7. The van der Waals surface area contributed by atoms with Gasteiger partial charge in [-0.25, -0.2) is 0 Å². The molecule has 1 aromatic carbocycles. The molecule has 0 spiro atoms. The number of para-hydroxylation sites is 1. The maximum Gasteiger partial charge on any atom is 0.239 e. The molecule has 4 rings (SSSR count). The van der Waals surface area contributed by atoms with Crippen molar-refractivity contribution in [3.8, 4) is 0 Å². The molecule has 0 saturated carbocycles. The smallest absolute Gasteiger partial charge is 0.239 e. The molecule has 33 heavy (non-hydrogen) atoms. The largest absolute Gasteiger partial charge is 0.368 e. The predicted molar refractivity (Wildman–Crippen MR) is 132 cm³/mol. The third-order valence-electron chi connectivity index (χ3n) is 7.47. The molecule has 3 heterocycles. The molecule has 0 radical (unpaired) electrons. The number of likely N-dealkylation sites (N-methyl/N-ethyl adjacent to an activating group) is 1. The van der Waals surface area contributed by atoms with E-state index < -0.39 is 0 Å². The molecule has 3 saturated heterocycles. The maximum absolute atomic E-state index is 13.0. The summed E-state index contributed by atoms with van der Waals surface area (Å²) in [6.45, 7) is 12.5. The molecule has 2 amide bonds. The SMILES string of the molecule is CN1C(CCC(=O)N2CCN(c3ccccc3)CC2)CNC(=O)C2C1CCN2CC(C)(C)C. The molecule has 3 aliphatic heterocycles. The molecule has 0 bridgehead atoms. The van der Waals surface area contributed by atoms with Gasteiger partial charge in [-0.1, -0.05) is 39.0 Å². The number of likely N-dealkylation sites (tertiary alicyclic amines) is 1. The summed E-state index contributed by atoms with van der Waals surface area (Å²) in [4.78, 5) is 35.0. The van der Waals surface area contributed by atoms with Gasteiger partial charge in [0.15, 0.2) is 0 Å². The van der Waals surface area contributed by atoms with Crippen LogP contribution in [0.2, 0.25) is 0 Å². The first-order valence-corrected chi connectivity index (χ1v) is 12.5. The second-order valence-electron chi connectivity index (χ2n) is 11.1. The number of hydrogen-bond acceptors (Lipinski definition) is 5. The van der Waals surface area contributed by atoms with E-state index in [0.717, 1.165) is 52.1 Å². The fraction of sp³-hybridized carbons (Fsp3) is 0.692. The fourth-order valence-corrected chi connectivity index (χ4v) is 5.74. The highest BCUT2D eigenvalue weighted by atomic mass is 16.2. The lowest BCUT2D eigenvalue weighted by molar-refractivity contribution is -0.132. The minimum atomic E-state index is -0.0824. The van der Waals surface area contributed by atoms with Crippen LogP contribution in [0.4, 0.5) is 5.69 Å². The quantitative estimate of drug-likeness (QED) is 0.736. The van der Waals surface area contributed by atoms with Crippen molar-refractivity contribution < 1.29 is 9.59 Å². The Labute approximate surface area is 199 Å². The molecule has 1 N–H and O–H groups in total. The molecule has 0 aromatic heterocycles. The maximum atomic E-state index is 13.0. The Hall–Kier alpha value is -2.12. The predicted octanol–water partition coefficient (Wildman–Crippen LogP) is 2.03. The first kappa shape index (κ1) is 24.0. The summed E-state index contributed by atoms with van der Waals surface area (Å²) in [5, 5.41) is 3.19. The molecule has 0 aliphatic carbocycles. The van der Waals surface area contributed by atoms with Crippen LogP contribution in [0.5, 0.6) is 0 Å². The van der Waals surface area contributed by atoms with Crippen molar-refractivity contribution in [2.75, 3.05) is 57.8 Å². The molecular formula is C26H41N5O2. The Bertz CT molecular complexity index is 816. The second-order valence-corrected chi connectivity index (χ2v) is 11.1. The summed E-state index contributed by atoms with van der Waals surface area (Å²) in [5.74, 6) is 0.392. The minimum Gasteiger partial charge on any atom is -0.368 e. The van der Waals surface area contributed by atoms with Crippen molar-refractivity contribution in [3.63, 3.8) is 0 Å². The van der Waals surface area contributed by atoms with Gasteiger partial charge in [0.25, 0.3) is 0 Å². The Morgan fingerprint density at radius 3 is 2.42 bits per heavy atom. The third kappa shape index (κ3) is 5.69. The van der Waals surface area contributed by atoms with Crippen LogP contribution in [-0.2, 0) is 9.59 Å². The number of rotatable bonds is 5. The van der Waals surface area contributed by atoms with Crippen LogP contribution in [0.3, 0.4) is 0 Å². The monoisotopic (exact) mass is 455 g/mol. The van der Waals surface area contributed by atoms with Crippen LogP contribution < -0.4 is 10.2 Å². The Morgan fingerprint density at radius 2 is 1.76 bits per heavy atom. The zero-order valence-electron chi connectivity index (χ0n) is 20.8. The van der Waals surface area contributed by atoms with E-state index in [2.05, 4.69) is 72.1 Å².